The molecule has 0 aromatic carbocycles. The fraction of sp³-hybridized carbons (Fsp3) is 0.917. The van der Waals surface area contributed by atoms with Crippen molar-refractivity contribution in [3.8, 4) is 0 Å². The summed E-state index contributed by atoms with van der Waals surface area (Å²) in [6.45, 7) is 3.17. The lowest BCUT2D eigenvalue weighted by molar-refractivity contribution is -0.126. The van der Waals surface area contributed by atoms with Crippen molar-refractivity contribution in [2.45, 2.75) is 63.5 Å². The minimum atomic E-state index is 0.0720. The number of amides is 1. The predicted molar refractivity (Wildman–Crippen MR) is 60.7 cm³/mol. The van der Waals surface area contributed by atoms with Gasteiger partial charge in [-0.05, 0) is 45.1 Å². The second-order valence-electron chi connectivity index (χ2n) is 4.98. The number of carbonyl (C=O) groups is 1. The quantitative estimate of drug-likeness (QED) is 0.742. The van der Waals surface area contributed by atoms with Crippen LogP contribution in [0.4, 0.5) is 0 Å². The molecule has 2 aliphatic rings. The number of hydrogen-bond acceptors (Lipinski definition) is 2. The summed E-state index contributed by atoms with van der Waals surface area (Å²) in [4.78, 5) is 12.0. The topological polar surface area (TPSA) is 41.1 Å². The number of rotatable bonds is 3. The molecule has 1 saturated heterocycles. The van der Waals surface area contributed by atoms with Crippen molar-refractivity contribution in [1.82, 2.24) is 10.6 Å². The van der Waals surface area contributed by atoms with E-state index in [4.69, 9.17) is 0 Å². The Morgan fingerprint density at radius 3 is 2.67 bits per heavy atom. The highest BCUT2D eigenvalue weighted by atomic mass is 16.2. The van der Waals surface area contributed by atoms with E-state index in [1.165, 1.54) is 32.1 Å². The Hall–Kier alpha value is -0.570. The van der Waals surface area contributed by atoms with Crippen LogP contribution in [0, 0.1) is 0 Å². The van der Waals surface area contributed by atoms with E-state index >= 15 is 0 Å². The van der Waals surface area contributed by atoms with Crippen LogP contribution in [0.3, 0.4) is 0 Å². The Labute approximate surface area is 92.0 Å². The van der Waals surface area contributed by atoms with Crippen molar-refractivity contribution in [2.24, 2.45) is 0 Å². The number of piperidine rings is 1. The van der Waals surface area contributed by atoms with Crippen LogP contribution < -0.4 is 10.6 Å². The van der Waals surface area contributed by atoms with Crippen LogP contribution >= 0.6 is 0 Å². The molecule has 2 fully saturated rings. The Bertz CT molecular complexity index is 224. The summed E-state index contributed by atoms with van der Waals surface area (Å²) in [5.74, 6) is 0.233. The third-order valence-corrected chi connectivity index (χ3v) is 4.00. The lowest BCUT2D eigenvalue weighted by atomic mass is 9.74. The molecule has 2 N–H and O–H groups in total. The molecule has 2 rings (SSSR count). The Balaban J connectivity index is 1.85. The Kier molecular flexibility index (Phi) is 3.29. The molecule has 1 heterocycles. The summed E-state index contributed by atoms with van der Waals surface area (Å²) >= 11 is 0. The summed E-state index contributed by atoms with van der Waals surface area (Å²) in [6, 6.07) is 0.0720. The molecule has 0 radical (unpaired) electrons. The minimum Gasteiger partial charge on any atom is -0.349 e. The van der Waals surface area contributed by atoms with E-state index in [1.54, 1.807) is 0 Å². The van der Waals surface area contributed by atoms with Crippen molar-refractivity contribution >= 4 is 5.91 Å². The van der Waals surface area contributed by atoms with Gasteiger partial charge in [-0.2, -0.15) is 0 Å². The molecule has 1 aliphatic heterocycles. The van der Waals surface area contributed by atoms with Crippen LogP contribution in [0.25, 0.3) is 0 Å². The average molecular weight is 210 g/mol. The second kappa shape index (κ2) is 4.52. The normalized spacial score (nSPS) is 29.3. The third-order valence-electron chi connectivity index (χ3n) is 4.00. The van der Waals surface area contributed by atoms with Crippen molar-refractivity contribution in [2.75, 3.05) is 6.54 Å². The molecule has 0 aromatic rings. The summed E-state index contributed by atoms with van der Waals surface area (Å²) < 4.78 is 0. The van der Waals surface area contributed by atoms with Crippen molar-refractivity contribution in [1.29, 1.82) is 0 Å². The van der Waals surface area contributed by atoms with Gasteiger partial charge in [-0.15, -0.1) is 0 Å². The van der Waals surface area contributed by atoms with Gasteiger partial charge in [-0.3, -0.25) is 4.79 Å². The predicted octanol–water partition coefficient (Wildman–Crippen LogP) is 1.58. The van der Waals surface area contributed by atoms with E-state index < -0.39 is 0 Å². The first kappa shape index (κ1) is 10.9. The van der Waals surface area contributed by atoms with E-state index in [2.05, 4.69) is 17.6 Å². The smallest absolute Gasteiger partial charge is 0.237 e. The lowest BCUT2D eigenvalue weighted by Gasteiger charge is -2.43. The largest absolute Gasteiger partial charge is 0.349 e. The maximum Gasteiger partial charge on any atom is 0.237 e. The number of nitrogens with one attached hydrogen (secondary N) is 2. The molecule has 86 valence electrons. The average Bonchev–Trinajstić information content (AvgIpc) is 2.24. The van der Waals surface area contributed by atoms with Gasteiger partial charge in [0.2, 0.25) is 5.91 Å². The molecule has 1 saturated carbocycles. The Morgan fingerprint density at radius 1 is 1.40 bits per heavy atom. The lowest BCUT2D eigenvalue weighted by Crippen LogP contribution is -2.58. The van der Waals surface area contributed by atoms with Gasteiger partial charge in [0, 0.05) is 5.54 Å². The standard InChI is InChI=1S/C12H22N2O/c1-2-12(7-5-8-12)14-11(15)10-6-3-4-9-13-10/h10,13H,2-9H2,1H3,(H,14,15). The monoisotopic (exact) mass is 210 g/mol. The van der Waals surface area contributed by atoms with Crippen LogP contribution in [0.1, 0.15) is 51.9 Å². The van der Waals surface area contributed by atoms with E-state index in [0.29, 0.717) is 0 Å². The highest BCUT2D eigenvalue weighted by Gasteiger charge is 2.37. The Morgan fingerprint density at radius 2 is 2.20 bits per heavy atom. The maximum absolute atomic E-state index is 12.0. The summed E-state index contributed by atoms with van der Waals surface area (Å²) in [6.07, 6.45) is 8.08. The van der Waals surface area contributed by atoms with Crippen LogP contribution in [0.5, 0.6) is 0 Å². The first-order valence-electron chi connectivity index (χ1n) is 6.31. The van der Waals surface area contributed by atoms with Crippen molar-refractivity contribution in [3.63, 3.8) is 0 Å². The van der Waals surface area contributed by atoms with E-state index in [9.17, 15) is 4.79 Å². The molecule has 1 amide bonds. The molecule has 15 heavy (non-hydrogen) atoms. The van der Waals surface area contributed by atoms with Gasteiger partial charge < -0.3 is 10.6 Å². The van der Waals surface area contributed by atoms with Gasteiger partial charge in [0.05, 0.1) is 6.04 Å². The van der Waals surface area contributed by atoms with Gasteiger partial charge in [0.15, 0.2) is 0 Å². The van der Waals surface area contributed by atoms with Gasteiger partial charge in [-0.25, -0.2) is 0 Å². The van der Waals surface area contributed by atoms with Crippen molar-refractivity contribution < 1.29 is 4.79 Å². The first-order chi connectivity index (χ1) is 7.26. The molecule has 0 aromatic heterocycles. The molecule has 3 nitrogen and oxygen atoms in total. The van der Waals surface area contributed by atoms with Crippen LogP contribution in [0.2, 0.25) is 0 Å². The molecule has 1 aliphatic carbocycles. The maximum atomic E-state index is 12.0. The van der Waals surface area contributed by atoms with Gasteiger partial charge in [0.1, 0.15) is 0 Å². The fourth-order valence-corrected chi connectivity index (χ4v) is 2.59. The molecule has 0 bridgehead atoms. The van der Waals surface area contributed by atoms with Crippen LogP contribution in [0.15, 0.2) is 0 Å². The van der Waals surface area contributed by atoms with Crippen molar-refractivity contribution in [3.05, 3.63) is 0 Å². The van der Waals surface area contributed by atoms with E-state index in [1.807, 2.05) is 0 Å². The molecular formula is C12H22N2O. The van der Waals surface area contributed by atoms with Gasteiger partial charge in [-0.1, -0.05) is 13.3 Å². The molecule has 0 spiro atoms. The molecule has 1 unspecified atom stereocenters. The summed E-state index contributed by atoms with van der Waals surface area (Å²) in [5.41, 5.74) is 0.149. The molecule has 1 atom stereocenters. The zero-order valence-electron chi connectivity index (χ0n) is 9.64. The summed E-state index contributed by atoms with van der Waals surface area (Å²) in [7, 11) is 0. The zero-order chi connectivity index (χ0) is 10.7. The van der Waals surface area contributed by atoms with E-state index in [-0.39, 0.29) is 17.5 Å². The third kappa shape index (κ3) is 2.33. The van der Waals surface area contributed by atoms with Gasteiger partial charge >= 0.3 is 0 Å². The van der Waals surface area contributed by atoms with E-state index in [0.717, 1.165) is 19.4 Å². The first-order valence-corrected chi connectivity index (χ1v) is 6.31. The van der Waals surface area contributed by atoms with Crippen LogP contribution in [-0.4, -0.2) is 24.0 Å². The highest BCUT2D eigenvalue weighted by molar-refractivity contribution is 5.82. The summed E-state index contributed by atoms with van der Waals surface area (Å²) in [5, 5.41) is 6.55. The van der Waals surface area contributed by atoms with Crippen LogP contribution in [-0.2, 0) is 4.79 Å². The number of carbonyl (C=O) groups excluding carboxylic acids is 1. The molecular weight excluding hydrogens is 188 g/mol. The van der Waals surface area contributed by atoms with Gasteiger partial charge in [0.25, 0.3) is 0 Å². The fourth-order valence-electron chi connectivity index (χ4n) is 2.59. The molecule has 3 heteroatoms. The minimum absolute atomic E-state index is 0.0720. The highest BCUT2D eigenvalue weighted by Crippen LogP contribution is 2.34. The SMILES string of the molecule is CCC1(NC(=O)C2CCCCN2)CCC1. The zero-order valence-corrected chi connectivity index (χ0v) is 9.64. The number of hydrogen-bond donors (Lipinski definition) is 2. The second-order valence-corrected chi connectivity index (χ2v) is 4.98.